The van der Waals surface area contributed by atoms with E-state index in [-0.39, 0.29) is 0 Å². The molecule has 17 heavy (non-hydrogen) atoms. The van der Waals surface area contributed by atoms with E-state index in [1.165, 1.54) is 17.5 Å². The van der Waals surface area contributed by atoms with Gasteiger partial charge in [0.1, 0.15) is 5.75 Å². The summed E-state index contributed by atoms with van der Waals surface area (Å²) in [6.45, 7) is 9.70. The van der Waals surface area contributed by atoms with Crippen molar-refractivity contribution in [1.29, 1.82) is 0 Å². The second-order valence-corrected chi connectivity index (χ2v) is 5.34. The largest absolute Gasteiger partial charge is 0.493 e. The van der Waals surface area contributed by atoms with Gasteiger partial charge in [-0.2, -0.15) is 0 Å². The number of rotatable bonds is 4. The average molecular weight is 233 g/mol. The van der Waals surface area contributed by atoms with Crippen molar-refractivity contribution in [2.45, 2.75) is 33.1 Å². The highest BCUT2D eigenvalue weighted by molar-refractivity contribution is 5.36. The molecule has 1 N–H and O–H groups in total. The summed E-state index contributed by atoms with van der Waals surface area (Å²) in [5.74, 6) is 2.28. The van der Waals surface area contributed by atoms with Crippen LogP contribution in [0.3, 0.4) is 0 Å². The Kier molecular flexibility index (Phi) is 4.06. The Labute approximate surface area is 104 Å². The molecule has 2 nitrogen and oxygen atoms in total. The summed E-state index contributed by atoms with van der Waals surface area (Å²) < 4.78 is 5.87. The van der Waals surface area contributed by atoms with Crippen molar-refractivity contribution in [3.8, 4) is 5.75 Å². The lowest BCUT2D eigenvalue weighted by atomic mass is 9.98. The van der Waals surface area contributed by atoms with E-state index in [0.29, 0.717) is 11.8 Å². The molecule has 1 saturated heterocycles. The summed E-state index contributed by atoms with van der Waals surface area (Å²) in [6, 6.07) is 6.46. The third-order valence-electron chi connectivity index (χ3n) is 3.51. The minimum atomic E-state index is 0.586. The molecule has 1 fully saturated rings. The van der Waals surface area contributed by atoms with E-state index in [4.69, 9.17) is 4.74 Å². The van der Waals surface area contributed by atoms with Gasteiger partial charge in [-0.05, 0) is 49.1 Å². The summed E-state index contributed by atoms with van der Waals surface area (Å²) in [4.78, 5) is 0. The fourth-order valence-corrected chi connectivity index (χ4v) is 2.46. The number of aryl methyl sites for hydroxylation is 1. The van der Waals surface area contributed by atoms with Gasteiger partial charge in [-0.15, -0.1) is 0 Å². The summed E-state index contributed by atoms with van der Waals surface area (Å²) in [5.41, 5.74) is 2.75. The first kappa shape index (κ1) is 12.4. The minimum Gasteiger partial charge on any atom is -0.493 e. The van der Waals surface area contributed by atoms with E-state index in [1.54, 1.807) is 0 Å². The van der Waals surface area contributed by atoms with Crippen molar-refractivity contribution < 1.29 is 4.74 Å². The smallest absolute Gasteiger partial charge is 0.119 e. The highest BCUT2D eigenvalue weighted by atomic mass is 16.5. The van der Waals surface area contributed by atoms with Crippen molar-refractivity contribution in [3.63, 3.8) is 0 Å². The number of hydrogen-bond acceptors (Lipinski definition) is 2. The fraction of sp³-hybridized carbons (Fsp3) is 0.600. The van der Waals surface area contributed by atoms with Crippen molar-refractivity contribution >= 4 is 0 Å². The molecule has 0 aliphatic carbocycles. The summed E-state index contributed by atoms with van der Waals surface area (Å²) in [5, 5.41) is 3.36. The molecule has 1 aliphatic rings. The van der Waals surface area contributed by atoms with Crippen LogP contribution in [0, 0.1) is 12.8 Å². The second-order valence-electron chi connectivity index (χ2n) is 5.34. The van der Waals surface area contributed by atoms with E-state index in [1.807, 2.05) is 0 Å². The molecule has 0 saturated carbocycles. The Hall–Kier alpha value is -1.02. The first-order valence-electron chi connectivity index (χ1n) is 6.61. The summed E-state index contributed by atoms with van der Waals surface area (Å²) in [6.07, 6.45) is 1.24. The quantitative estimate of drug-likeness (QED) is 0.863. The summed E-state index contributed by atoms with van der Waals surface area (Å²) in [7, 11) is 0. The van der Waals surface area contributed by atoms with Crippen LogP contribution in [0.15, 0.2) is 18.2 Å². The molecule has 2 rings (SSSR count). The standard InChI is InChI=1S/C15H23NO/c1-11(2)15-5-4-14(8-12(15)3)17-10-13-6-7-16-9-13/h4-5,8,11,13,16H,6-7,9-10H2,1-3H3. The number of nitrogens with one attached hydrogen (secondary N) is 1. The lowest BCUT2D eigenvalue weighted by molar-refractivity contribution is 0.260. The first-order chi connectivity index (χ1) is 8.16. The van der Waals surface area contributed by atoms with E-state index < -0.39 is 0 Å². The van der Waals surface area contributed by atoms with Crippen LogP contribution >= 0.6 is 0 Å². The van der Waals surface area contributed by atoms with Crippen molar-refractivity contribution in [1.82, 2.24) is 5.32 Å². The van der Waals surface area contributed by atoms with Crippen molar-refractivity contribution in [2.24, 2.45) is 5.92 Å². The molecular weight excluding hydrogens is 210 g/mol. The van der Waals surface area contributed by atoms with Gasteiger partial charge >= 0.3 is 0 Å². The van der Waals surface area contributed by atoms with Crippen LogP contribution in [0.2, 0.25) is 0 Å². The van der Waals surface area contributed by atoms with E-state index >= 15 is 0 Å². The maximum Gasteiger partial charge on any atom is 0.119 e. The monoisotopic (exact) mass is 233 g/mol. The zero-order valence-electron chi connectivity index (χ0n) is 11.1. The van der Waals surface area contributed by atoms with Crippen LogP contribution in [-0.2, 0) is 0 Å². The van der Waals surface area contributed by atoms with Gasteiger partial charge in [-0.25, -0.2) is 0 Å². The van der Waals surface area contributed by atoms with Gasteiger partial charge in [0.2, 0.25) is 0 Å². The zero-order valence-corrected chi connectivity index (χ0v) is 11.1. The summed E-state index contributed by atoms with van der Waals surface area (Å²) >= 11 is 0. The van der Waals surface area contributed by atoms with E-state index in [2.05, 4.69) is 44.3 Å². The molecule has 1 unspecified atom stereocenters. The Morgan fingerprint density at radius 1 is 1.41 bits per heavy atom. The molecular formula is C15H23NO. The second kappa shape index (κ2) is 5.54. The molecule has 1 heterocycles. The lowest BCUT2D eigenvalue weighted by Gasteiger charge is -2.14. The van der Waals surface area contributed by atoms with Crippen LogP contribution in [0.1, 0.15) is 37.3 Å². The van der Waals surface area contributed by atoms with Crippen LogP contribution < -0.4 is 10.1 Å². The SMILES string of the molecule is Cc1cc(OCC2CCNC2)ccc1C(C)C. The molecule has 1 atom stereocenters. The van der Waals surface area contributed by atoms with Gasteiger partial charge in [0.05, 0.1) is 6.61 Å². The Balaban J connectivity index is 1.94. The molecule has 0 radical (unpaired) electrons. The number of ether oxygens (including phenoxy) is 1. The predicted octanol–water partition coefficient (Wildman–Crippen LogP) is 3.11. The zero-order chi connectivity index (χ0) is 12.3. The highest BCUT2D eigenvalue weighted by Crippen LogP contribution is 2.24. The van der Waals surface area contributed by atoms with Crippen molar-refractivity contribution in [3.05, 3.63) is 29.3 Å². The van der Waals surface area contributed by atoms with Gasteiger partial charge < -0.3 is 10.1 Å². The number of benzene rings is 1. The van der Waals surface area contributed by atoms with Gasteiger partial charge in [0.25, 0.3) is 0 Å². The van der Waals surface area contributed by atoms with E-state index in [9.17, 15) is 0 Å². The van der Waals surface area contributed by atoms with Crippen LogP contribution in [-0.4, -0.2) is 19.7 Å². The fourth-order valence-electron chi connectivity index (χ4n) is 2.46. The maximum atomic E-state index is 5.87. The van der Waals surface area contributed by atoms with E-state index in [0.717, 1.165) is 25.4 Å². The Morgan fingerprint density at radius 2 is 2.24 bits per heavy atom. The topological polar surface area (TPSA) is 21.3 Å². The van der Waals surface area contributed by atoms with Gasteiger partial charge in [-0.3, -0.25) is 0 Å². The molecule has 0 amide bonds. The average Bonchev–Trinajstić information content (AvgIpc) is 2.78. The van der Waals surface area contributed by atoms with Gasteiger partial charge in [0.15, 0.2) is 0 Å². The normalized spacial score (nSPS) is 19.9. The minimum absolute atomic E-state index is 0.586. The molecule has 94 valence electrons. The number of hydrogen-bond donors (Lipinski definition) is 1. The first-order valence-corrected chi connectivity index (χ1v) is 6.61. The maximum absolute atomic E-state index is 5.87. The molecule has 2 heteroatoms. The molecule has 0 spiro atoms. The molecule has 0 aromatic heterocycles. The molecule has 1 aliphatic heterocycles. The molecule has 0 bridgehead atoms. The Bertz CT molecular complexity index is 367. The van der Waals surface area contributed by atoms with Gasteiger partial charge in [0, 0.05) is 12.5 Å². The van der Waals surface area contributed by atoms with Crippen LogP contribution in [0.4, 0.5) is 0 Å². The van der Waals surface area contributed by atoms with Gasteiger partial charge in [-0.1, -0.05) is 19.9 Å². The lowest BCUT2D eigenvalue weighted by Crippen LogP contribution is -2.15. The third kappa shape index (κ3) is 3.22. The molecule has 1 aromatic carbocycles. The highest BCUT2D eigenvalue weighted by Gasteiger charge is 2.15. The van der Waals surface area contributed by atoms with Crippen LogP contribution in [0.5, 0.6) is 5.75 Å². The van der Waals surface area contributed by atoms with Crippen molar-refractivity contribution in [2.75, 3.05) is 19.7 Å². The predicted molar refractivity (Wildman–Crippen MR) is 71.7 cm³/mol. The Morgan fingerprint density at radius 3 is 2.82 bits per heavy atom. The molecule has 1 aromatic rings. The van der Waals surface area contributed by atoms with Crippen LogP contribution in [0.25, 0.3) is 0 Å². The third-order valence-corrected chi connectivity index (χ3v) is 3.51.